The maximum Gasteiger partial charge on any atom is 0.586 e. The van der Waals surface area contributed by atoms with Crippen LogP contribution in [0.2, 0.25) is 0 Å². The van der Waals surface area contributed by atoms with Gasteiger partial charge in [0.2, 0.25) is 0 Å². The summed E-state index contributed by atoms with van der Waals surface area (Å²) in [5, 5.41) is 6.46. The molecule has 11 nitrogen and oxygen atoms in total. The zero-order valence-electron chi connectivity index (χ0n) is 23.0. The molecule has 0 spiro atoms. The fourth-order valence-electron chi connectivity index (χ4n) is 7.09. The van der Waals surface area contributed by atoms with Crippen LogP contribution in [0.15, 0.2) is 24.3 Å². The lowest BCUT2D eigenvalue weighted by Crippen LogP contribution is -2.79. The molecule has 0 radical (unpaired) electrons. The highest BCUT2D eigenvalue weighted by Crippen LogP contribution is 2.62. The predicted octanol–water partition coefficient (Wildman–Crippen LogP) is 3.64. The molecule has 1 aromatic heterocycles. The Hall–Kier alpha value is -3.40. The Bertz CT molecular complexity index is 1690. The van der Waals surface area contributed by atoms with E-state index in [-0.39, 0.29) is 51.7 Å². The average Bonchev–Trinajstić information content (AvgIpc) is 3.46. The van der Waals surface area contributed by atoms with Gasteiger partial charge < -0.3 is 39.0 Å². The van der Waals surface area contributed by atoms with Gasteiger partial charge in [-0.15, -0.1) is 8.78 Å². The van der Waals surface area contributed by atoms with Crippen molar-refractivity contribution < 1.29 is 41.9 Å². The Kier molecular flexibility index (Phi) is 5.73. The number of hydrogen-bond acceptors (Lipinski definition) is 10. The first kappa shape index (κ1) is 27.2. The number of nitrogens with zero attached hydrogens (tertiary/aromatic N) is 2. The summed E-state index contributed by atoms with van der Waals surface area (Å²) in [5.41, 5.74) is 0.0198. The van der Waals surface area contributed by atoms with E-state index in [0.29, 0.717) is 41.0 Å². The van der Waals surface area contributed by atoms with Crippen molar-refractivity contribution in [2.45, 2.75) is 55.2 Å². The van der Waals surface area contributed by atoms with E-state index in [1.54, 1.807) is 19.2 Å². The van der Waals surface area contributed by atoms with Gasteiger partial charge in [-0.05, 0) is 55.1 Å². The highest BCUT2D eigenvalue weighted by molar-refractivity contribution is 7.91. The lowest BCUT2D eigenvalue weighted by atomic mass is 9.46. The molecule has 2 aromatic carbocycles. The summed E-state index contributed by atoms with van der Waals surface area (Å²) in [7, 11) is 3.07. The first-order valence-electron chi connectivity index (χ1n) is 13.7. The van der Waals surface area contributed by atoms with Crippen LogP contribution in [0.5, 0.6) is 17.2 Å². The maximum atomic E-state index is 13.9. The molecule has 2 atom stereocenters. The number of carbonyl (C=O) groups excluding carboxylic acids is 2. The monoisotopic (exact) mass is 632 g/mol. The van der Waals surface area contributed by atoms with Gasteiger partial charge in [0.25, 0.3) is 11.8 Å². The smallest absolute Gasteiger partial charge is 0.586 e. The zero-order valence-corrected chi connectivity index (χ0v) is 24.7. The van der Waals surface area contributed by atoms with Crippen LogP contribution < -0.4 is 29.7 Å². The van der Waals surface area contributed by atoms with Crippen LogP contribution >= 0.6 is 11.3 Å². The number of halogens is 2. The molecule has 3 aliphatic carbocycles. The summed E-state index contributed by atoms with van der Waals surface area (Å²) in [6.07, 6.45) is -1.01. The Labute approximate surface area is 251 Å². The van der Waals surface area contributed by atoms with Crippen LogP contribution in [0, 0.1) is 0 Å². The normalized spacial score (nSPS) is 30.6. The van der Waals surface area contributed by atoms with Crippen LogP contribution in [-0.4, -0.2) is 76.6 Å². The largest absolute Gasteiger partial charge is 0.616 e. The van der Waals surface area contributed by atoms with E-state index in [4.69, 9.17) is 14.5 Å². The summed E-state index contributed by atoms with van der Waals surface area (Å²) >= 11 is 0.489. The molecule has 2 amide bonds. The fraction of sp³-hybridized carbons (Fsp3) is 0.464. The van der Waals surface area contributed by atoms with E-state index in [1.807, 2.05) is 0 Å². The summed E-state index contributed by atoms with van der Waals surface area (Å²) in [6, 6.07) is 5.99. The molecule has 2 N–H and O–H groups in total. The summed E-state index contributed by atoms with van der Waals surface area (Å²) in [4.78, 5) is 34.3. The number of anilines is 2. The molecule has 43 heavy (non-hydrogen) atoms. The number of carbonyl (C=O) groups is 2. The number of thiazole rings is 1. The van der Waals surface area contributed by atoms with Crippen molar-refractivity contribution in [2.24, 2.45) is 0 Å². The van der Waals surface area contributed by atoms with Crippen molar-refractivity contribution in [1.82, 2.24) is 10.3 Å². The number of amides is 2. The second-order valence-electron chi connectivity index (χ2n) is 11.8. The molecule has 4 bridgehead atoms. The molecule has 5 fully saturated rings. The third-order valence-corrected chi connectivity index (χ3v) is 11.7. The van der Waals surface area contributed by atoms with Crippen LogP contribution in [0.1, 0.15) is 46.4 Å². The standard InChI is InChI=1S/C28H26F2N4O7S2/c1-38-18-4-3-16-22(42-25(32-16)34-13-5-14(34)9-43(37)8-13)21(18)24(36)31-17-7-20-19(40-28(29,30)41-20)6-15(17)23(35)33-26-10-27(11-26,12-26)39-2/h3-4,6-7,13-14H,5,8-12H2,1-2H3,(H,31,36)(H,33,35). The molecular weight excluding hydrogens is 606 g/mol. The molecule has 15 heteroatoms. The lowest BCUT2D eigenvalue weighted by Gasteiger charge is -2.69. The van der Waals surface area contributed by atoms with Gasteiger partial charge in [0, 0.05) is 18.7 Å². The van der Waals surface area contributed by atoms with E-state index in [9.17, 15) is 22.9 Å². The molecule has 3 saturated carbocycles. The number of rotatable bonds is 7. The number of aromatic nitrogens is 1. The molecule has 2 unspecified atom stereocenters. The molecule has 226 valence electrons. The Balaban J connectivity index is 1.13. The molecular formula is C28H26F2N4O7S2. The highest BCUT2D eigenvalue weighted by Gasteiger charge is 2.69. The third-order valence-electron chi connectivity index (χ3n) is 9.09. The average molecular weight is 633 g/mol. The maximum absolute atomic E-state index is 13.9. The van der Waals surface area contributed by atoms with Crippen molar-refractivity contribution in [3.8, 4) is 17.2 Å². The Morgan fingerprint density at radius 2 is 1.81 bits per heavy atom. The topological polar surface area (TPSA) is 134 Å². The van der Waals surface area contributed by atoms with Gasteiger partial charge in [-0.3, -0.25) is 9.59 Å². The number of ether oxygens (including phenoxy) is 4. The third kappa shape index (κ3) is 4.15. The predicted molar refractivity (Wildman–Crippen MR) is 153 cm³/mol. The number of nitrogens with one attached hydrogen (secondary N) is 2. The Morgan fingerprint density at radius 3 is 2.49 bits per heavy atom. The van der Waals surface area contributed by atoms with Gasteiger partial charge in [0.1, 0.15) is 22.8 Å². The van der Waals surface area contributed by atoms with Gasteiger partial charge >= 0.3 is 6.29 Å². The first-order chi connectivity index (χ1) is 20.5. The van der Waals surface area contributed by atoms with E-state index < -0.39 is 34.8 Å². The van der Waals surface area contributed by atoms with Crippen molar-refractivity contribution >= 4 is 55.4 Å². The highest BCUT2D eigenvalue weighted by atomic mass is 32.2. The van der Waals surface area contributed by atoms with Gasteiger partial charge in [0.15, 0.2) is 16.6 Å². The number of fused-ring (bicyclic) bond motifs is 4. The lowest BCUT2D eigenvalue weighted by molar-refractivity contribution is -0.286. The summed E-state index contributed by atoms with van der Waals surface area (Å²) in [6.45, 7) is 0. The minimum absolute atomic E-state index is 0.0286. The first-order valence-corrected chi connectivity index (χ1v) is 16.0. The SMILES string of the molecule is COc1ccc2nc(N3C4CC3C[S+]([O-])C4)sc2c1C(=O)Nc1cc2c(cc1C(=O)NC13CC(OC)(C1)C3)OC(F)(F)O2. The number of benzene rings is 2. The van der Waals surface area contributed by atoms with Gasteiger partial charge in [-0.1, -0.05) is 11.3 Å². The molecule has 3 aromatic rings. The molecule has 9 rings (SSSR count). The second-order valence-corrected chi connectivity index (χ2v) is 14.4. The van der Waals surface area contributed by atoms with Crippen molar-refractivity contribution in [2.75, 3.05) is 35.9 Å². The van der Waals surface area contributed by atoms with E-state index in [1.165, 1.54) is 18.4 Å². The van der Waals surface area contributed by atoms with Crippen LogP contribution in [-0.2, 0) is 15.9 Å². The second kappa shape index (κ2) is 9.06. The Morgan fingerprint density at radius 1 is 1.12 bits per heavy atom. The quantitative estimate of drug-likeness (QED) is 0.375. The summed E-state index contributed by atoms with van der Waals surface area (Å²) in [5.74, 6) is -0.337. The molecule has 4 heterocycles. The molecule has 3 aliphatic heterocycles. The van der Waals surface area contributed by atoms with Crippen molar-refractivity contribution in [3.05, 3.63) is 35.4 Å². The summed E-state index contributed by atoms with van der Waals surface area (Å²) < 4.78 is 60.8. The number of hydrogen-bond donors (Lipinski definition) is 2. The number of methoxy groups -OCH3 is 2. The minimum atomic E-state index is -3.91. The fourth-order valence-corrected chi connectivity index (χ4v) is 9.92. The zero-order chi connectivity index (χ0) is 29.9. The van der Waals surface area contributed by atoms with Crippen molar-refractivity contribution in [3.63, 3.8) is 0 Å². The van der Waals surface area contributed by atoms with Gasteiger partial charge in [-0.25, -0.2) is 4.98 Å². The van der Waals surface area contributed by atoms with Crippen molar-refractivity contribution in [1.29, 1.82) is 0 Å². The van der Waals surface area contributed by atoms with E-state index in [0.717, 1.165) is 23.7 Å². The minimum Gasteiger partial charge on any atom is -0.616 e. The number of alkyl halides is 2. The van der Waals surface area contributed by atoms with Crippen LogP contribution in [0.25, 0.3) is 10.2 Å². The van der Waals surface area contributed by atoms with E-state index >= 15 is 0 Å². The molecule has 2 saturated heterocycles. The van der Waals surface area contributed by atoms with E-state index in [2.05, 4.69) is 25.0 Å². The molecule has 6 aliphatic rings. The van der Waals surface area contributed by atoms with Gasteiger partial charge in [-0.2, -0.15) is 0 Å². The van der Waals surface area contributed by atoms with Crippen LogP contribution in [0.3, 0.4) is 0 Å². The van der Waals surface area contributed by atoms with Gasteiger partial charge in [0.05, 0.1) is 46.3 Å². The van der Waals surface area contributed by atoms with Crippen LogP contribution in [0.4, 0.5) is 19.6 Å².